The number of nitrogens with zero attached hydrogens (tertiary/aromatic N) is 2. The molecule has 17 heavy (non-hydrogen) atoms. The van der Waals surface area contributed by atoms with Crippen molar-refractivity contribution in [3.05, 3.63) is 58.5 Å². The van der Waals surface area contributed by atoms with Gasteiger partial charge in [-0.1, -0.05) is 18.2 Å². The van der Waals surface area contributed by atoms with Crippen LogP contribution in [0, 0.1) is 11.3 Å². The van der Waals surface area contributed by atoms with E-state index >= 15 is 0 Å². The number of para-hydroxylation sites is 1. The molecule has 0 aliphatic carbocycles. The molecule has 0 unspecified atom stereocenters. The third-order valence-electron chi connectivity index (χ3n) is 2.43. The molecular weight excluding hydrogens is 214 g/mol. The van der Waals surface area contributed by atoms with Crippen LogP contribution >= 0.6 is 0 Å². The highest BCUT2D eigenvalue weighted by Crippen LogP contribution is 2.17. The normalized spacial score (nSPS) is 9.65. The van der Waals surface area contributed by atoms with Crippen LogP contribution in [0.2, 0.25) is 0 Å². The molecule has 2 aromatic rings. The monoisotopic (exact) mass is 225 g/mol. The van der Waals surface area contributed by atoms with E-state index in [4.69, 9.17) is 5.26 Å². The summed E-state index contributed by atoms with van der Waals surface area (Å²) in [4.78, 5) is 11.7. The molecule has 1 heterocycles. The summed E-state index contributed by atoms with van der Waals surface area (Å²) in [6.07, 6.45) is 1.63. The van der Waals surface area contributed by atoms with E-state index in [-0.39, 0.29) is 11.1 Å². The lowest BCUT2D eigenvalue weighted by Gasteiger charge is -2.08. The summed E-state index contributed by atoms with van der Waals surface area (Å²) in [5.74, 6) is 0. The summed E-state index contributed by atoms with van der Waals surface area (Å²) in [6, 6.07) is 13.1. The topological polar surface area (TPSA) is 57.8 Å². The Balaban J connectivity index is 2.45. The number of pyridine rings is 1. The first-order chi connectivity index (χ1) is 8.22. The molecule has 1 aromatic heterocycles. The van der Waals surface area contributed by atoms with Gasteiger partial charge in [-0.25, -0.2) is 0 Å². The maximum atomic E-state index is 11.7. The van der Waals surface area contributed by atoms with Gasteiger partial charge in [-0.05, 0) is 18.2 Å². The summed E-state index contributed by atoms with van der Waals surface area (Å²) >= 11 is 0. The van der Waals surface area contributed by atoms with Gasteiger partial charge in [0.15, 0.2) is 0 Å². The number of anilines is 2. The van der Waals surface area contributed by atoms with Crippen molar-refractivity contribution in [3.63, 3.8) is 0 Å². The molecule has 2 rings (SSSR count). The van der Waals surface area contributed by atoms with Crippen LogP contribution in [-0.2, 0) is 7.05 Å². The van der Waals surface area contributed by atoms with Crippen molar-refractivity contribution < 1.29 is 0 Å². The zero-order valence-electron chi connectivity index (χ0n) is 9.34. The zero-order chi connectivity index (χ0) is 12.3. The summed E-state index contributed by atoms with van der Waals surface area (Å²) in [5.41, 5.74) is 1.20. The van der Waals surface area contributed by atoms with E-state index in [1.165, 1.54) is 4.57 Å². The van der Waals surface area contributed by atoms with Gasteiger partial charge in [0.1, 0.15) is 11.6 Å². The first kappa shape index (κ1) is 11.0. The number of benzene rings is 1. The Morgan fingerprint density at radius 2 is 1.94 bits per heavy atom. The van der Waals surface area contributed by atoms with E-state index in [1.54, 1.807) is 19.3 Å². The molecule has 1 aromatic carbocycles. The number of nitrogens with one attached hydrogen (secondary N) is 1. The second-order valence-electron chi connectivity index (χ2n) is 3.62. The second kappa shape index (κ2) is 4.54. The van der Waals surface area contributed by atoms with Crippen molar-refractivity contribution in [1.29, 1.82) is 5.26 Å². The molecule has 0 spiro atoms. The van der Waals surface area contributed by atoms with E-state index in [0.717, 1.165) is 5.69 Å². The highest BCUT2D eigenvalue weighted by Gasteiger charge is 2.07. The summed E-state index contributed by atoms with van der Waals surface area (Å²) in [5, 5.41) is 12.1. The Morgan fingerprint density at radius 1 is 1.24 bits per heavy atom. The van der Waals surface area contributed by atoms with Crippen molar-refractivity contribution in [2.45, 2.75) is 0 Å². The molecule has 0 atom stereocenters. The predicted octanol–water partition coefficient (Wildman–Crippen LogP) is 2.00. The molecule has 0 aliphatic rings. The van der Waals surface area contributed by atoms with E-state index in [2.05, 4.69) is 5.32 Å². The first-order valence-corrected chi connectivity index (χ1v) is 5.14. The average molecular weight is 225 g/mol. The molecule has 0 fully saturated rings. The van der Waals surface area contributed by atoms with Crippen LogP contribution in [-0.4, -0.2) is 4.57 Å². The Morgan fingerprint density at radius 3 is 2.59 bits per heavy atom. The van der Waals surface area contributed by atoms with Crippen LogP contribution in [0.5, 0.6) is 0 Å². The van der Waals surface area contributed by atoms with Crippen LogP contribution in [0.4, 0.5) is 11.4 Å². The molecule has 1 N–H and O–H groups in total. The molecule has 0 aliphatic heterocycles. The fraction of sp³-hybridized carbons (Fsp3) is 0.0769. The number of rotatable bonds is 2. The minimum atomic E-state index is -0.298. The van der Waals surface area contributed by atoms with Gasteiger partial charge in [-0.2, -0.15) is 5.26 Å². The smallest absolute Gasteiger partial charge is 0.270 e. The minimum Gasteiger partial charge on any atom is -0.354 e. The Kier molecular flexibility index (Phi) is 2.93. The standard InChI is InChI=1S/C13H11N3O/c1-16-8-7-12(11(9-14)13(16)17)15-10-5-3-2-4-6-10/h2-8,15H,1H3. The lowest BCUT2D eigenvalue weighted by molar-refractivity contribution is 0.857. The molecule has 0 radical (unpaired) electrons. The van der Waals surface area contributed by atoms with Crippen molar-refractivity contribution >= 4 is 11.4 Å². The Labute approximate surface area is 98.8 Å². The van der Waals surface area contributed by atoms with Crippen molar-refractivity contribution in [3.8, 4) is 6.07 Å². The van der Waals surface area contributed by atoms with E-state index < -0.39 is 0 Å². The quantitative estimate of drug-likeness (QED) is 0.850. The molecule has 0 amide bonds. The van der Waals surface area contributed by atoms with Crippen molar-refractivity contribution in [1.82, 2.24) is 4.57 Å². The van der Waals surface area contributed by atoms with E-state index in [9.17, 15) is 4.79 Å². The van der Waals surface area contributed by atoms with Gasteiger partial charge < -0.3 is 9.88 Å². The minimum absolute atomic E-state index is 0.124. The SMILES string of the molecule is Cn1ccc(Nc2ccccc2)c(C#N)c1=O. The van der Waals surface area contributed by atoms with Gasteiger partial charge in [0, 0.05) is 18.9 Å². The van der Waals surface area contributed by atoms with Crippen LogP contribution < -0.4 is 10.9 Å². The number of hydrogen-bond acceptors (Lipinski definition) is 3. The second-order valence-corrected chi connectivity index (χ2v) is 3.62. The third-order valence-corrected chi connectivity index (χ3v) is 2.43. The van der Waals surface area contributed by atoms with Gasteiger partial charge in [-0.15, -0.1) is 0 Å². The van der Waals surface area contributed by atoms with Crippen LogP contribution in [0.3, 0.4) is 0 Å². The maximum absolute atomic E-state index is 11.7. The van der Waals surface area contributed by atoms with E-state index in [1.807, 2.05) is 36.4 Å². The third kappa shape index (κ3) is 2.18. The number of aryl methyl sites for hydroxylation is 1. The van der Waals surface area contributed by atoms with Gasteiger partial charge in [0.2, 0.25) is 0 Å². The lowest BCUT2D eigenvalue weighted by Crippen LogP contribution is -2.20. The molecule has 0 saturated heterocycles. The van der Waals surface area contributed by atoms with Crippen LogP contribution in [0.1, 0.15) is 5.56 Å². The van der Waals surface area contributed by atoms with Gasteiger partial charge >= 0.3 is 0 Å². The number of hydrogen-bond donors (Lipinski definition) is 1. The summed E-state index contributed by atoms with van der Waals surface area (Å²) in [7, 11) is 1.62. The summed E-state index contributed by atoms with van der Waals surface area (Å²) < 4.78 is 1.38. The zero-order valence-corrected chi connectivity index (χ0v) is 9.34. The maximum Gasteiger partial charge on any atom is 0.270 e. The molecule has 0 saturated carbocycles. The van der Waals surface area contributed by atoms with E-state index in [0.29, 0.717) is 5.69 Å². The van der Waals surface area contributed by atoms with Gasteiger partial charge in [-0.3, -0.25) is 4.79 Å². The van der Waals surface area contributed by atoms with Crippen LogP contribution in [0.15, 0.2) is 47.4 Å². The largest absolute Gasteiger partial charge is 0.354 e. The highest BCUT2D eigenvalue weighted by atomic mass is 16.1. The Bertz CT molecular complexity index is 623. The average Bonchev–Trinajstić information content (AvgIpc) is 2.36. The lowest BCUT2D eigenvalue weighted by atomic mass is 10.2. The number of aromatic nitrogens is 1. The predicted molar refractivity (Wildman–Crippen MR) is 66.1 cm³/mol. The molecule has 4 nitrogen and oxygen atoms in total. The van der Waals surface area contributed by atoms with Gasteiger partial charge in [0.25, 0.3) is 5.56 Å². The van der Waals surface area contributed by atoms with Crippen molar-refractivity contribution in [2.75, 3.05) is 5.32 Å². The summed E-state index contributed by atoms with van der Waals surface area (Å²) in [6.45, 7) is 0. The van der Waals surface area contributed by atoms with Gasteiger partial charge in [0.05, 0.1) is 5.69 Å². The first-order valence-electron chi connectivity index (χ1n) is 5.14. The number of nitriles is 1. The fourth-order valence-corrected chi connectivity index (χ4v) is 1.52. The van der Waals surface area contributed by atoms with Crippen molar-refractivity contribution in [2.24, 2.45) is 7.05 Å². The molecule has 84 valence electrons. The molecule has 4 heteroatoms. The highest BCUT2D eigenvalue weighted by molar-refractivity contribution is 5.65. The Hall–Kier alpha value is -2.54. The molecule has 0 bridgehead atoms. The fourth-order valence-electron chi connectivity index (χ4n) is 1.52. The van der Waals surface area contributed by atoms with Crippen LogP contribution in [0.25, 0.3) is 0 Å². The molecular formula is C13H11N3O.